The molecule has 1 heterocycles. The number of hydrogen-bond donors (Lipinski definition) is 1. The molecule has 104 valence electrons. The lowest BCUT2D eigenvalue weighted by molar-refractivity contribution is -0.389. The second-order valence-electron chi connectivity index (χ2n) is 3.87. The summed E-state index contributed by atoms with van der Waals surface area (Å²) in [6, 6.07) is 1.29. The van der Waals surface area contributed by atoms with E-state index >= 15 is 0 Å². The number of aromatic nitrogens is 2. The summed E-state index contributed by atoms with van der Waals surface area (Å²) in [6.45, 7) is 1.84. The van der Waals surface area contributed by atoms with Crippen molar-refractivity contribution in [1.29, 1.82) is 0 Å². The van der Waals surface area contributed by atoms with Crippen LogP contribution >= 0.6 is 11.6 Å². The number of aryl methyl sites for hydroxylation is 1. The Balaban J connectivity index is 2.44. The fourth-order valence-electron chi connectivity index (χ4n) is 1.39. The Morgan fingerprint density at radius 2 is 2.26 bits per heavy atom. The lowest BCUT2D eigenvalue weighted by atomic mass is 10.3. The van der Waals surface area contributed by atoms with Crippen LogP contribution in [0.5, 0.6) is 0 Å². The molecule has 0 unspecified atom stereocenters. The van der Waals surface area contributed by atoms with Crippen LogP contribution in [0.25, 0.3) is 0 Å². The van der Waals surface area contributed by atoms with Crippen LogP contribution in [0.3, 0.4) is 0 Å². The Bertz CT molecular complexity index is 500. The predicted octanol–water partition coefficient (Wildman–Crippen LogP) is 0.762. The van der Waals surface area contributed by atoms with E-state index in [0.717, 1.165) is 0 Å². The number of nitro groups is 1. The monoisotopic (exact) mass is 288 g/mol. The van der Waals surface area contributed by atoms with Crippen molar-refractivity contribution in [1.82, 2.24) is 15.1 Å². The molecule has 0 aromatic carbocycles. The number of nitrogens with zero attached hydrogens (tertiary/aromatic N) is 3. The largest absolute Gasteiger partial charge is 0.390 e. The molecule has 1 N–H and O–H groups in total. The van der Waals surface area contributed by atoms with Crippen molar-refractivity contribution in [3.05, 3.63) is 21.9 Å². The zero-order chi connectivity index (χ0) is 14.4. The first-order valence-corrected chi connectivity index (χ1v) is 5.92. The highest BCUT2D eigenvalue weighted by atomic mass is 35.5. The third-order valence-electron chi connectivity index (χ3n) is 2.32. The molecule has 0 atom stereocenters. The number of nitrogens with one attached hydrogen (secondary N) is 1. The van der Waals surface area contributed by atoms with Gasteiger partial charge in [0, 0.05) is 13.0 Å². The number of rotatable bonds is 7. The summed E-state index contributed by atoms with van der Waals surface area (Å²) < 4.78 is 1.25. The van der Waals surface area contributed by atoms with Crippen LogP contribution in [0, 0.1) is 17.0 Å². The SMILES string of the molecule is Cc1cc([N+](=O)[O-])nn1CC(=O)NCCCC(=O)Cl. The smallest absolute Gasteiger partial charge is 0.358 e. The van der Waals surface area contributed by atoms with Crippen molar-refractivity contribution in [3.63, 3.8) is 0 Å². The first-order chi connectivity index (χ1) is 8.90. The number of hydrogen-bond acceptors (Lipinski definition) is 5. The average molecular weight is 289 g/mol. The lowest BCUT2D eigenvalue weighted by Crippen LogP contribution is -2.29. The van der Waals surface area contributed by atoms with E-state index < -0.39 is 10.2 Å². The first kappa shape index (κ1) is 15.1. The van der Waals surface area contributed by atoms with Crippen LogP contribution in [0.15, 0.2) is 6.07 Å². The zero-order valence-electron chi connectivity index (χ0n) is 10.3. The maximum absolute atomic E-state index is 11.5. The fraction of sp³-hybridized carbons (Fsp3) is 0.500. The van der Waals surface area contributed by atoms with E-state index in [1.807, 2.05) is 0 Å². The number of amides is 1. The molecule has 0 saturated heterocycles. The molecule has 0 fully saturated rings. The van der Waals surface area contributed by atoms with Gasteiger partial charge in [-0.25, -0.2) is 0 Å². The molecule has 0 radical (unpaired) electrons. The fourth-order valence-corrected chi connectivity index (χ4v) is 1.52. The summed E-state index contributed by atoms with van der Waals surface area (Å²) in [5, 5.41) is 16.3. The summed E-state index contributed by atoms with van der Waals surface area (Å²) in [4.78, 5) is 31.9. The van der Waals surface area contributed by atoms with Crippen molar-refractivity contribution in [2.24, 2.45) is 0 Å². The van der Waals surface area contributed by atoms with Gasteiger partial charge in [-0.2, -0.15) is 4.68 Å². The van der Waals surface area contributed by atoms with Gasteiger partial charge in [0.2, 0.25) is 11.1 Å². The van der Waals surface area contributed by atoms with Gasteiger partial charge in [0.15, 0.2) is 0 Å². The molecule has 0 aliphatic carbocycles. The highest BCUT2D eigenvalue weighted by Gasteiger charge is 2.17. The lowest BCUT2D eigenvalue weighted by Gasteiger charge is -2.03. The summed E-state index contributed by atoms with van der Waals surface area (Å²) in [7, 11) is 0. The molecule has 8 nitrogen and oxygen atoms in total. The number of halogens is 1. The van der Waals surface area contributed by atoms with E-state index in [2.05, 4.69) is 10.4 Å². The first-order valence-electron chi connectivity index (χ1n) is 5.54. The van der Waals surface area contributed by atoms with Gasteiger partial charge in [-0.05, 0) is 29.9 Å². The van der Waals surface area contributed by atoms with Gasteiger partial charge in [0.1, 0.15) is 6.54 Å². The Morgan fingerprint density at radius 1 is 1.58 bits per heavy atom. The Hall–Kier alpha value is -1.96. The highest BCUT2D eigenvalue weighted by Crippen LogP contribution is 2.10. The minimum Gasteiger partial charge on any atom is -0.358 e. The van der Waals surface area contributed by atoms with E-state index in [4.69, 9.17) is 11.6 Å². The molecule has 0 spiro atoms. The molecule has 19 heavy (non-hydrogen) atoms. The van der Waals surface area contributed by atoms with E-state index in [1.165, 1.54) is 10.7 Å². The third-order valence-corrected chi connectivity index (χ3v) is 2.51. The Labute approximate surface area is 113 Å². The average Bonchev–Trinajstić information content (AvgIpc) is 2.66. The Morgan fingerprint density at radius 3 is 2.79 bits per heavy atom. The zero-order valence-corrected chi connectivity index (χ0v) is 11.0. The van der Waals surface area contributed by atoms with Gasteiger partial charge in [0.05, 0.1) is 16.9 Å². The van der Waals surface area contributed by atoms with Crippen molar-refractivity contribution in [3.8, 4) is 0 Å². The Kier molecular flexibility index (Phi) is 5.43. The summed E-state index contributed by atoms with van der Waals surface area (Å²) >= 11 is 5.15. The second-order valence-corrected chi connectivity index (χ2v) is 4.29. The van der Waals surface area contributed by atoms with E-state index in [0.29, 0.717) is 18.7 Å². The van der Waals surface area contributed by atoms with E-state index in [1.54, 1.807) is 6.92 Å². The molecule has 9 heteroatoms. The highest BCUT2D eigenvalue weighted by molar-refractivity contribution is 6.63. The summed E-state index contributed by atoms with van der Waals surface area (Å²) in [5.41, 5.74) is 0.526. The van der Waals surface area contributed by atoms with Gasteiger partial charge in [0.25, 0.3) is 0 Å². The van der Waals surface area contributed by atoms with Gasteiger partial charge < -0.3 is 15.4 Å². The molecule has 1 amide bonds. The molecule has 0 aliphatic heterocycles. The maximum atomic E-state index is 11.5. The minimum absolute atomic E-state index is 0.103. The quantitative estimate of drug-likeness (QED) is 0.345. The predicted molar refractivity (Wildman–Crippen MR) is 66.7 cm³/mol. The maximum Gasteiger partial charge on any atom is 0.390 e. The van der Waals surface area contributed by atoms with Crippen molar-refractivity contribution < 1.29 is 14.5 Å². The standard InChI is InChI=1S/C10H13ClN4O4/c1-7-5-9(15(18)19)13-14(7)6-10(17)12-4-2-3-8(11)16/h5H,2-4,6H2,1H3,(H,12,17). The van der Waals surface area contributed by atoms with Crippen molar-refractivity contribution in [2.75, 3.05) is 6.54 Å². The van der Waals surface area contributed by atoms with Crippen molar-refractivity contribution in [2.45, 2.75) is 26.3 Å². The second kappa shape index (κ2) is 6.83. The van der Waals surface area contributed by atoms with Crippen LogP contribution in [-0.4, -0.2) is 32.4 Å². The molecule has 0 aliphatic rings. The third kappa shape index (κ3) is 5.04. The van der Waals surface area contributed by atoms with Crippen LogP contribution in [0.2, 0.25) is 0 Å². The van der Waals surface area contributed by atoms with Crippen molar-refractivity contribution >= 4 is 28.6 Å². The van der Waals surface area contributed by atoms with Gasteiger partial charge in [-0.15, -0.1) is 0 Å². The topological polar surface area (TPSA) is 107 Å². The normalized spacial score (nSPS) is 10.2. The van der Waals surface area contributed by atoms with Gasteiger partial charge in [-0.1, -0.05) is 0 Å². The molecule has 1 aromatic heterocycles. The molecule has 1 aromatic rings. The van der Waals surface area contributed by atoms with Crippen LogP contribution in [0.4, 0.5) is 5.82 Å². The molecular weight excluding hydrogens is 276 g/mol. The molecule has 1 rings (SSSR count). The minimum atomic E-state index is -0.618. The summed E-state index contributed by atoms with van der Waals surface area (Å²) in [5.74, 6) is -0.624. The molecule has 0 saturated carbocycles. The number of carbonyl (C=O) groups is 2. The molecular formula is C10H13ClN4O4. The van der Waals surface area contributed by atoms with E-state index in [-0.39, 0.29) is 24.7 Å². The van der Waals surface area contributed by atoms with Gasteiger partial charge in [-0.3, -0.25) is 9.59 Å². The van der Waals surface area contributed by atoms with E-state index in [9.17, 15) is 19.7 Å². The van der Waals surface area contributed by atoms with Crippen LogP contribution < -0.4 is 5.32 Å². The van der Waals surface area contributed by atoms with Gasteiger partial charge >= 0.3 is 5.82 Å². The van der Waals surface area contributed by atoms with Crippen LogP contribution in [0.1, 0.15) is 18.5 Å². The summed E-state index contributed by atoms with van der Waals surface area (Å²) in [6.07, 6.45) is 0.639. The number of carbonyl (C=O) groups excluding carboxylic acids is 2. The molecule has 0 bridgehead atoms. The van der Waals surface area contributed by atoms with Crippen LogP contribution in [-0.2, 0) is 16.1 Å².